The zero-order chi connectivity index (χ0) is 14.1. The molecule has 0 radical (unpaired) electrons. The molecule has 0 spiro atoms. The molecule has 0 amide bonds. The number of unbranched alkanes of at least 4 members (excludes halogenated alkanes) is 2. The van der Waals surface area contributed by atoms with E-state index in [4.69, 9.17) is 5.11 Å². The number of allylic oxidation sites excluding steroid dienone is 4. The highest BCUT2D eigenvalue weighted by molar-refractivity contribution is 5.94. The zero-order valence-corrected chi connectivity index (χ0v) is 11.7. The van der Waals surface area contributed by atoms with Crippen LogP contribution in [0.25, 0.3) is 0 Å². The Morgan fingerprint density at radius 3 is 2.79 bits per heavy atom. The van der Waals surface area contributed by atoms with Crippen molar-refractivity contribution in [1.29, 1.82) is 0 Å². The summed E-state index contributed by atoms with van der Waals surface area (Å²) in [4.78, 5) is 22.2. The van der Waals surface area contributed by atoms with E-state index in [1.165, 1.54) is 0 Å². The molecule has 0 fully saturated rings. The van der Waals surface area contributed by atoms with Crippen LogP contribution in [0.15, 0.2) is 24.3 Å². The summed E-state index contributed by atoms with van der Waals surface area (Å²) in [5, 5.41) is 8.56. The normalized spacial score (nSPS) is 22.5. The molecular formula is C16H24O3. The summed E-state index contributed by atoms with van der Waals surface area (Å²) in [6, 6.07) is 0. The maximum Gasteiger partial charge on any atom is 0.303 e. The molecular weight excluding hydrogens is 240 g/mol. The van der Waals surface area contributed by atoms with Crippen LogP contribution in [0.5, 0.6) is 0 Å². The lowest BCUT2D eigenvalue weighted by Gasteiger charge is -2.16. The number of carboxylic acid groups (broad SMARTS) is 1. The largest absolute Gasteiger partial charge is 0.481 e. The van der Waals surface area contributed by atoms with Gasteiger partial charge in [0.25, 0.3) is 0 Å². The molecule has 1 N–H and O–H groups in total. The first kappa shape index (κ1) is 15.7. The second kappa shape index (κ2) is 8.68. The Morgan fingerprint density at radius 1 is 1.32 bits per heavy atom. The van der Waals surface area contributed by atoms with Crippen LogP contribution in [0.4, 0.5) is 0 Å². The summed E-state index contributed by atoms with van der Waals surface area (Å²) in [6.07, 6.45) is 13.7. The predicted octanol–water partition coefficient (Wildman–Crippen LogP) is 3.75. The van der Waals surface area contributed by atoms with Gasteiger partial charge in [-0.1, -0.05) is 38.0 Å². The maximum absolute atomic E-state index is 11.8. The van der Waals surface area contributed by atoms with E-state index < -0.39 is 5.97 Å². The van der Waals surface area contributed by atoms with Crippen molar-refractivity contribution < 1.29 is 14.7 Å². The van der Waals surface area contributed by atoms with E-state index in [0.29, 0.717) is 5.92 Å². The molecule has 0 heterocycles. The molecule has 0 aromatic carbocycles. The predicted molar refractivity (Wildman–Crippen MR) is 75.9 cm³/mol. The van der Waals surface area contributed by atoms with Gasteiger partial charge in [0.05, 0.1) is 0 Å². The highest BCUT2D eigenvalue weighted by atomic mass is 16.4. The summed E-state index contributed by atoms with van der Waals surface area (Å²) in [7, 11) is 0. The molecule has 19 heavy (non-hydrogen) atoms. The Balaban J connectivity index is 2.27. The van der Waals surface area contributed by atoms with Crippen LogP contribution >= 0.6 is 0 Å². The lowest BCUT2D eigenvalue weighted by molar-refractivity contribution is -0.137. The summed E-state index contributed by atoms with van der Waals surface area (Å²) < 4.78 is 0. The fraction of sp³-hybridized carbons (Fsp3) is 0.625. The molecule has 1 aliphatic carbocycles. The fourth-order valence-corrected chi connectivity index (χ4v) is 2.52. The average molecular weight is 264 g/mol. The lowest BCUT2D eigenvalue weighted by Crippen LogP contribution is -2.15. The third-order valence-electron chi connectivity index (χ3n) is 3.61. The monoisotopic (exact) mass is 264 g/mol. The molecule has 106 valence electrons. The minimum Gasteiger partial charge on any atom is -0.481 e. The van der Waals surface area contributed by atoms with Crippen molar-refractivity contribution >= 4 is 11.8 Å². The van der Waals surface area contributed by atoms with Crippen molar-refractivity contribution in [2.75, 3.05) is 0 Å². The van der Waals surface area contributed by atoms with Gasteiger partial charge in [0.2, 0.25) is 0 Å². The number of ketones is 1. The van der Waals surface area contributed by atoms with Crippen molar-refractivity contribution in [3.63, 3.8) is 0 Å². The molecule has 1 rings (SSSR count). The summed E-state index contributed by atoms with van der Waals surface area (Å²) >= 11 is 0. The van der Waals surface area contributed by atoms with Gasteiger partial charge in [0, 0.05) is 12.3 Å². The third kappa shape index (κ3) is 5.86. The Bertz CT molecular complexity index is 355. The molecule has 0 saturated heterocycles. The maximum atomic E-state index is 11.8. The van der Waals surface area contributed by atoms with E-state index in [0.717, 1.165) is 38.5 Å². The third-order valence-corrected chi connectivity index (χ3v) is 3.61. The zero-order valence-electron chi connectivity index (χ0n) is 11.7. The first-order valence-electron chi connectivity index (χ1n) is 7.24. The molecule has 0 saturated carbocycles. The average Bonchev–Trinajstić information content (AvgIpc) is 2.71. The molecule has 0 unspecified atom stereocenters. The summed E-state index contributed by atoms with van der Waals surface area (Å²) in [5.74, 6) is -0.0177. The number of carbonyl (C=O) groups excluding carboxylic acids is 1. The topological polar surface area (TPSA) is 54.4 Å². The number of carbonyl (C=O) groups is 2. The number of aliphatic carboxylic acids is 1. The fourth-order valence-electron chi connectivity index (χ4n) is 2.52. The van der Waals surface area contributed by atoms with Crippen LogP contribution in [-0.2, 0) is 9.59 Å². The number of rotatable bonds is 9. The standard InChI is InChI=1S/C16H24O3/c1-2-3-5-9-14-13(11-12-15(14)17)8-6-4-7-10-16(18)19/h3,5,11-14H,2,4,6-10H2,1H3,(H,18,19)/b5-3-/t13-,14+/m0/s1. The molecule has 0 aliphatic heterocycles. The van der Waals surface area contributed by atoms with E-state index in [2.05, 4.69) is 19.1 Å². The van der Waals surface area contributed by atoms with Gasteiger partial charge < -0.3 is 5.11 Å². The molecule has 2 atom stereocenters. The van der Waals surface area contributed by atoms with Crippen molar-refractivity contribution in [3.8, 4) is 0 Å². The Hall–Kier alpha value is -1.38. The molecule has 0 aromatic heterocycles. The van der Waals surface area contributed by atoms with Crippen LogP contribution < -0.4 is 0 Å². The highest BCUT2D eigenvalue weighted by Crippen LogP contribution is 2.30. The van der Waals surface area contributed by atoms with Crippen LogP contribution in [0.1, 0.15) is 51.9 Å². The van der Waals surface area contributed by atoms with Gasteiger partial charge in [-0.25, -0.2) is 0 Å². The van der Waals surface area contributed by atoms with Crippen LogP contribution in [0.3, 0.4) is 0 Å². The van der Waals surface area contributed by atoms with Gasteiger partial charge >= 0.3 is 5.97 Å². The van der Waals surface area contributed by atoms with E-state index in [1.807, 2.05) is 6.08 Å². The summed E-state index contributed by atoms with van der Waals surface area (Å²) in [5.41, 5.74) is 0. The van der Waals surface area contributed by atoms with Crippen molar-refractivity contribution in [2.45, 2.75) is 51.9 Å². The molecule has 1 aliphatic rings. The smallest absolute Gasteiger partial charge is 0.303 e. The number of hydrogen-bond acceptors (Lipinski definition) is 2. The second-order valence-electron chi connectivity index (χ2n) is 5.14. The van der Waals surface area contributed by atoms with Crippen LogP contribution in [0, 0.1) is 11.8 Å². The highest BCUT2D eigenvalue weighted by Gasteiger charge is 2.28. The van der Waals surface area contributed by atoms with E-state index in [1.54, 1.807) is 6.08 Å². The van der Waals surface area contributed by atoms with E-state index in [-0.39, 0.29) is 18.1 Å². The van der Waals surface area contributed by atoms with Gasteiger partial charge in [-0.05, 0) is 37.7 Å². The SMILES string of the molecule is CC/C=C\C[C@H]1C(=O)C=C[C@@H]1CCCCCC(=O)O. The number of carboxylic acids is 1. The minimum absolute atomic E-state index is 0.113. The van der Waals surface area contributed by atoms with E-state index >= 15 is 0 Å². The summed E-state index contributed by atoms with van der Waals surface area (Å²) in [6.45, 7) is 2.09. The Kier molecular flexibility index (Phi) is 7.16. The van der Waals surface area contributed by atoms with Gasteiger partial charge in [0.1, 0.15) is 0 Å². The molecule has 0 aromatic rings. The van der Waals surface area contributed by atoms with Crippen LogP contribution in [-0.4, -0.2) is 16.9 Å². The Morgan fingerprint density at radius 2 is 2.11 bits per heavy atom. The second-order valence-corrected chi connectivity index (χ2v) is 5.14. The lowest BCUT2D eigenvalue weighted by atomic mass is 9.87. The van der Waals surface area contributed by atoms with Crippen molar-refractivity contribution in [3.05, 3.63) is 24.3 Å². The quantitative estimate of drug-likeness (QED) is 0.509. The molecule has 3 heteroatoms. The molecule has 0 bridgehead atoms. The Labute approximate surface area is 115 Å². The van der Waals surface area contributed by atoms with Crippen molar-refractivity contribution in [1.82, 2.24) is 0 Å². The van der Waals surface area contributed by atoms with Crippen LogP contribution in [0.2, 0.25) is 0 Å². The van der Waals surface area contributed by atoms with Gasteiger partial charge in [0.15, 0.2) is 5.78 Å². The van der Waals surface area contributed by atoms with Gasteiger partial charge in [-0.2, -0.15) is 0 Å². The van der Waals surface area contributed by atoms with Crippen molar-refractivity contribution in [2.24, 2.45) is 11.8 Å². The first-order valence-corrected chi connectivity index (χ1v) is 7.24. The molecule has 3 nitrogen and oxygen atoms in total. The van der Waals surface area contributed by atoms with Gasteiger partial charge in [-0.3, -0.25) is 9.59 Å². The minimum atomic E-state index is -0.724. The van der Waals surface area contributed by atoms with E-state index in [9.17, 15) is 9.59 Å². The van der Waals surface area contributed by atoms with Gasteiger partial charge in [-0.15, -0.1) is 0 Å². The number of hydrogen-bond donors (Lipinski definition) is 1. The first-order chi connectivity index (χ1) is 9.15.